The fourth-order valence-electron chi connectivity index (χ4n) is 1.02. The molecule has 0 aromatic carbocycles. The first-order valence-corrected chi connectivity index (χ1v) is 4.47. The van der Waals surface area contributed by atoms with Gasteiger partial charge in [0.25, 0.3) is 0 Å². The minimum absolute atomic E-state index is 0.211. The maximum atomic E-state index is 10.5. The maximum Gasteiger partial charge on any atom is 0.307 e. The van der Waals surface area contributed by atoms with Crippen molar-refractivity contribution in [3.8, 4) is 0 Å². The second-order valence-electron chi connectivity index (χ2n) is 3.54. The summed E-state index contributed by atoms with van der Waals surface area (Å²) >= 11 is 0. The number of rotatable bonds is 5. The summed E-state index contributed by atoms with van der Waals surface area (Å²) < 4.78 is 0. The Bertz CT molecular complexity index is 147. The normalized spacial score (nSPS) is 18.3. The monoisotopic (exact) mass is 173 g/mol. The van der Waals surface area contributed by atoms with Gasteiger partial charge in [-0.1, -0.05) is 27.2 Å². The molecule has 0 spiro atoms. The largest absolute Gasteiger partial charge is 0.481 e. The van der Waals surface area contributed by atoms with Crippen LogP contribution in [0.15, 0.2) is 0 Å². The van der Waals surface area contributed by atoms with Gasteiger partial charge in [0.1, 0.15) is 0 Å². The smallest absolute Gasteiger partial charge is 0.307 e. The highest BCUT2D eigenvalue weighted by molar-refractivity contribution is 5.70. The zero-order valence-electron chi connectivity index (χ0n) is 8.08. The van der Waals surface area contributed by atoms with Gasteiger partial charge in [-0.2, -0.15) is 0 Å². The van der Waals surface area contributed by atoms with Gasteiger partial charge in [-0.3, -0.25) is 4.79 Å². The number of carboxylic acid groups (broad SMARTS) is 1. The maximum absolute atomic E-state index is 10.5. The molecule has 3 N–H and O–H groups in total. The lowest BCUT2D eigenvalue weighted by Crippen LogP contribution is -2.34. The quantitative estimate of drug-likeness (QED) is 0.661. The van der Waals surface area contributed by atoms with E-state index in [0.29, 0.717) is 5.92 Å². The van der Waals surface area contributed by atoms with Gasteiger partial charge in [0, 0.05) is 6.04 Å². The van der Waals surface area contributed by atoms with Crippen molar-refractivity contribution >= 4 is 5.97 Å². The Balaban J connectivity index is 3.86. The lowest BCUT2D eigenvalue weighted by Gasteiger charge is -2.19. The molecule has 0 saturated heterocycles. The molecular formula is C9H19NO2. The van der Waals surface area contributed by atoms with E-state index in [1.165, 1.54) is 0 Å². The Morgan fingerprint density at radius 2 is 2.00 bits per heavy atom. The van der Waals surface area contributed by atoms with Gasteiger partial charge >= 0.3 is 5.97 Å². The first kappa shape index (κ1) is 11.4. The SMILES string of the molecule is CCC(C)C[C@H](N)C(C)C(=O)O. The third-order valence-electron chi connectivity index (χ3n) is 2.40. The van der Waals surface area contributed by atoms with Crippen molar-refractivity contribution in [2.45, 2.75) is 39.7 Å². The van der Waals surface area contributed by atoms with Gasteiger partial charge in [-0.05, 0) is 12.3 Å². The summed E-state index contributed by atoms with van der Waals surface area (Å²) in [6, 6.07) is -0.211. The molecule has 3 nitrogen and oxygen atoms in total. The van der Waals surface area contributed by atoms with E-state index in [1.54, 1.807) is 6.92 Å². The van der Waals surface area contributed by atoms with Crippen molar-refractivity contribution in [1.82, 2.24) is 0 Å². The second kappa shape index (κ2) is 5.14. The van der Waals surface area contributed by atoms with Gasteiger partial charge < -0.3 is 10.8 Å². The molecule has 0 aliphatic heterocycles. The summed E-state index contributed by atoms with van der Waals surface area (Å²) in [4.78, 5) is 10.5. The van der Waals surface area contributed by atoms with Gasteiger partial charge in [-0.25, -0.2) is 0 Å². The Hall–Kier alpha value is -0.570. The fraction of sp³-hybridized carbons (Fsp3) is 0.889. The first-order chi connectivity index (χ1) is 5.49. The number of aliphatic carboxylic acids is 1. The molecule has 0 heterocycles. The summed E-state index contributed by atoms with van der Waals surface area (Å²) in [7, 11) is 0. The summed E-state index contributed by atoms with van der Waals surface area (Å²) in [5.74, 6) is -0.716. The minimum atomic E-state index is -0.800. The van der Waals surface area contributed by atoms with Crippen LogP contribution in [0.4, 0.5) is 0 Å². The van der Waals surface area contributed by atoms with Crippen LogP contribution < -0.4 is 5.73 Å². The molecular weight excluding hydrogens is 154 g/mol. The summed E-state index contributed by atoms with van der Waals surface area (Å²) in [6.07, 6.45) is 1.85. The van der Waals surface area contributed by atoms with Gasteiger partial charge in [0.15, 0.2) is 0 Å². The third kappa shape index (κ3) is 3.72. The lowest BCUT2D eigenvalue weighted by atomic mass is 9.92. The number of hydrogen-bond acceptors (Lipinski definition) is 2. The molecule has 0 aliphatic rings. The Kier molecular flexibility index (Phi) is 4.90. The van der Waals surface area contributed by atoms with Crippen LogP contribution in [-0.2, 0) is 4.79 Å². The number of carbonyl (C=O) groups is 1. The van der Waals surface area contributed by atoms with Crippen LogP contribution in [0.5, 0.6) is 0 Å². The topological polar surface area (TPSA) is 63.3 Å². The van der Waals surface area contributed by atoms with E-state index in [9.17, 15) is 4.79 Å². The number of nitrogens with two attached hydrogens (primary N) is 1. The van der Waals surface area contributed by atoms with Crippen LogP contribution >= 0.6 is 0 Å². The molecule has 12 heavy (non-hydrogen) atoms. The average Bonchev–Trinajstić information content (AvgIpc) is 2.02. The van der Waals surface area contributed by atoms with E-state index in [-0.39, 0.29) is 6.04 Å². The molecule has 0 bridgehead atoms. The van der Waals surface area contributed by atoms with Crippen molar-refractivity contribution in [3.05, 3.63) is 0 Å². The van der Waals surface area contributed by atoms with Gasteiger partial charge in [0.05, 0.1) is 5.92 Å². The van der Waals surface area contributed by atoms with Crippen LogP contribution in [-0.4, -0.2) is 17.1 Å². The van der Waals surface area contributed by atoms with E-state index in [0.717, 1.165) is 12.8 Å². The van der Waals surface area contributed by atoms with Crippen LogP contribution in [0.1, 0.15) is 33.6 Å². The van der Waals surface area contributed by atoms with E-state index in [1.807, 2.05) is 0 Å². The zero-order chi connectivity index (χ0) is 9.72. The zero-order valence-corrected chi connectivity index (χ0v) is 8.08. The third-order valence-corrected chi connectivity index (χ3v) is 2.40. The molecule has 0 aromatic rings. The first-order valence-electron chi connectivity index (χ1n) is 4.47. The summed E-state index contributed by atoms with van der Waals surface area (Å²) in [5, 5.41) is 8.66. The highest BCUT2D eigenvalue weighted by Crippen LogP contribution is 2.14. The second-order valence-corrected chi connectivity index (χ2v) is 3.54. The van der Waals surface area contributed by atoms with Gasteiger partial charge in [0.2, 0.25) is 0 Å². The predicted octanol–water partition coefficient (Wildman–Crippen LogP) is 1.47. The molecule has 0 radical (unpaired) electrons. The Morgan fingerprint density at radius 3 is 2.33 bits per heavy atom. The van der Waals surface area contributed by atoms with Crippen LogP contribution in [0.25, 0.3) is 0 Å². The average molecular weight is 173 g/mol. The standard InChI is InChI=1S/C9H19NO2/c1-4-6(2)5-8(10)7(3)9(11)12/h6-8H,4-5,10H2,1-3H3,(H,11,12)/t6?,7?,8-/m0/s1. The molecule has 0 amide bonds. The number of carboxylic acids is 1. The van der Waals surface area contributed by atoms with Crippen molar-refractivity contribution < 1.29 is 9.90 Å². The molecule has 0 rings (SSSR count). The fourth-order valence-corrected chi connectivity index (χ4v) is 1.02. The Morgan fingerprint density at radius 1 is 1.50 bits per heavy atom. The molecule has 0 aromatic heterocycles. The van der Waals surface area contributed by atoms with Gasteiger partial charge in [-0.15, -0.1) is 0 Å². The van der Waals surface area contributed by atoms with Crippen molar-refractivity contribution in [2.75, 3.05) is 0 Å². The molecule has 0 saturated carbocycles. The van der Waals surface area contributed by atoms with Crippen LogP contribution in [0.2, 0.25) is 0 Å². The lowest BCUT2D eigenvalue weighted by molar-refractivity contribution is -0.141. The predicted molar refractivity (Wildman–Crippen MR) is 48.8 cm³/mol. The highest BCUT2D eigenvalue weighted by Gasteiger charge is 2.20. The van der Waals surface area contributed by atoms with E-state index >= 15 is 0 Å². The Labute approximate surface area is 74.0 Å². The molecule has 2 unspecified atom stereocenters. The van der Waals surface area contributed by atoms with Crippen molar-refractivity contribution in [1.29, 1.82) is 0 Å². The highest BCUT2D eigenvalue weighted by atomic mass is 16.4. The van der Waals surface area contributed by atoms with E-state index < -0.39 is 11.9 Å². The van der Waals surface area contributed by atoms with Crippen LogP contribution in [0, 0.1) is 11.8 Å². The molecule has 0 fully saturated rings. The van der Waals surface area contributed by atoms with E-state index in [4.69, 9.17) is 10.8 Å². The van der Waals surface area contributed by atoms with E-state index in [2.05, 4.69) is 13.8 Å². The molecule has 72 valence electrons. The number of hydrogen-bond donors (Lipinski definition) is 2. The molecule has 3 heteroatoms. The molecule has 3 atom stereocenters. The summed E-state index contributed by atoms with van der Waals surface area (Å²) in [5.41, 5.74) is 5.71. The minimum Gasteiger partial charge on any atom is -0.481 e. The van der Waals surface area contributed by atoms with Crippen molar-refractivity contribution in [2.24, 2.45) is 17.6 Å². The van der Waals surface area contributed by atoms with Crippen LogP contribution in [0.3, 0.4) is 0 Å². The molecule has 0 aliphatic carbocycles. The summed E-state index contributed by atoms with van der Waals surface area (Å²) in [6.45, 7) is 5.84. The van der Waals surface area contributed by atoms with Crippen molar-refractivity contribution in [3.63, 3.8) is 0 Å².